The second-order valence-electron chi connectivity index (χ2n) is 6.39. The van der Waals surface area contributed by atoms with Crippen LogP contribution in [0.1, 0.15) is 5.56 Å². The van der Waals surface area contributed by atoms with Crippen molar-refractivity contribution in [3.63, 3.8) is 0 Å². The highest BCUT2D eigenvalue weighted by molar-refractivity contribution is 7.73. The number of furan rings is 1. The van der Waals surface area contributed by atoms with Gasteiger partial charge in [-0.05, 0) is 42.0 Å². The lowest BCUT2D eigenvalue weighted by molar-refractivity contribution is -0.384. The van der Waals surface area contributed by atoms with Crippen molar-refractivity contribution in [2.24, 2.45) is 0 Å². The molecule has 4 aromatic rings. The molecule has 150 valence electrons. The Labute approximate surface area is 180 Å². The molecule has 0 aliphatic carbocycles. The van der Waals surface area contributed by atoms with Crippen molar-refractivity contribution in [3.05, 3.63) is 91.7 Å². The number of carbonyl (C=O) groups excluding carboxylic acids is 1. The molecule has 0 saturated carbocycles. The summed E-state index contributed by atoms with van der Waals surface area (Å²) in [5.74, 6) is 0.883. The van der Waals surface area contributed by atoms with Crippen LogP contribution in [-0.2, 0) is 11.2 Å². The standard InChI is InChI=1S/C21H15N3O4S2/c25-20(12-14-4-2-1-3-5-14)22-23-17(13-30-21(23)29)19-11-10-18(28-19)15-6-8-16(9-7-15)24(26)27/h1-11,13H,12H2,(H,22,25). The molecule has 2 aromatic heterocycles. The van der Waals surface area contributed by atoms with Gasteiger partial charge in [-0.25, -0.2) is 4.68 Å². The maximum Gasteiger partial charge on any atom is 0.269 e. The minimum atomic E-state index is -0.450. The SMILES string of the molecule is O=C(Cc1ccccc1)Nn1c(-c2ccc(-c3ccc([N+](=O)[O-])cc3)o2)csc1=S. The maximum atomic E-state index is 12.5. The molecule has 0 radical (unpaired) electrons. The van der Waals surface area contributed by atoms with Crippen LogP contribution >= 0.6 is 23.6 Å². The lowest BCUT2D eigenvalue weighted by Gasteiger charge is -2.09. The fourth-order valence-electron chi connectivity index (χ4n) is 2.91. The number of thiazole rings is 1. The second kappa shape index (κ2) is 8.44. The smallest absolute Gasteiger partial charge is 0.269 e. The van der Waals surface area contributed by atoms with E-state index in [1.165, 1.54) is 28.1 Å². The molecule has 9 heteroatoms. The molecule has 30 heavy (non-hydrogen) atoms. The molecule has 0 fully saturated rings. The number of hydrogen-bond donors (Lipinski definition) is 1. The van der Waals surface area contributed by atoms with Crippen LogP contribution in [0.2, 0.25) is 0 Å². The Hall–Kier alpha value is -3.56. The molecule has 0 spiro atoms. The minimum absolute atomic E-state index is 0.0121. The summed E-state index contributed by atoms with van der Waals surface area (Å²) >= 11 is 6.67. The van der Waals surface area contributed by atoms with Crippen LogP contribution < -0.4 is 5.43 Å². The Balaban J connectivity index is 1.56. The minimum Gasteiger partial charge on any atom is -0.454 e. The van der Waals surface area contributed by atoms with E-state index in [1.807, 2.05) is 35.7 Å². The highest BCUT2D eigenvalue weighted by Crippen LogP contribution is 2.30. The van der Waals surface area contributed by atoms with Gasteiger partial charge in [-0.15, -0.1) is 11.3 Å². The van der Waals surface area contributed by atoms with Gasteiger partial charge in [0.15, 0.2) is 9.71 Å². The normalized spacial score (nSPS) is 10.7. The topological polar surface area (TPSA) is 90.3 Å². The van der Waals surface area contributed by atoms with Crippen LogP contribution in [0.15, 0.2) is 76.5 Å². The van der Waals surface area contributed by atoms with Gasteiger partial charge in [0, 0.05) is 23.1 Å². The van der Waals surface area contributed by atoms with E-state index < -0.39 is 4.92 Å². The Morgan fingerprint density at radius 1 is 1.07 bits per heavy atom. The van der Waals surface area contributed by atoms with Gasteiger partial charge >= 0.3 is 0 Å². The lowest BCUT2D eigenvalue weighted by atomic mass is 10.1. The molecule has 2 heterocycles. The van der Waals surface area contributed by atoms with Gasteiger partial charge in [0.05, 0.1) is 11.3 Å². The predicted octanol–water partition coefficient (Wildman–Crippen LogP) is 5.43. The van der Waals surface area contributed by atoms with E-state index in [1.54, 1.807) is 24.3 Å². The first kappa shape index (κ1) is 19.7. The highest BCUT2D eigenvalue weighted by Gasteiger charge is 2.15. The number of nitrogens with zero attached hydrogens (tertiary/aromatic N) is 2. The molecule has 1 N–H and O–H groups in total. The number of amides is 1. The van der Waals surface area contributed by atoms with Gasteiger partial charge in [-0.3, -0.25) is 20.3 Å². The van der Waals surface area contributed by atoms with Gasteiger partial charge in [-0.1, -0.05) is 30.3 Å². The predicted molar refractivity (Wildman–Crippen MR) is 117 cm³/mol. The van der Waals surface area contributed by atoms with Crippen molar-refractivity contribution in [3.8, 4) is 22.8 Å². The van der Waals surface area contributed by atoms with Crippen molar-refractivity contribution < 1.29 is 14.1 Å². The maximum absolute atomic E-state index is 12.5. The van der Waals surface area contributed by atoms with E-state index in [2.05, 4.69) is 5.43 Å². The van der Waals surface area contributed by atoms with Crippen LogP contribution in [0.3, 0.4) is 0 Å². The highest BCUT2D eigenvalue weighted by atomic mass is 32.1. The van der Waals surface area contributed by atoms with Crippen molar-refractivity contribution in [1.82, 2.24) is 4.68 Å². The van der Waals surface area contributed by atoms with E-state index in [-0.39, 0.29) is 18.0 Å². The molecule has 7 nitrogen and oxygen atoms in total. The number of rotatable bonds is 6. The summed E-state index contributed by atoms with van der Waals surface area (Å²) in [7, 11) is 0. The summed E-state index contributed by atoms with van der Waals surface area (Å²) in [5, 5.41) is 12.6. The largest absolute Gasteiger partial charge is 0.454 e. The zero-order chi connectivity index (χ0) is 21.1. The third-order valence-corrected chi connectivity index (χ3v) is 5.56. The number of hydrogen-bond acceptors (Lipinski definition) is 6. The molecule has 0 atom stereocenters. The Morgan fingerprint density at radius 2 is 1.77 bits per heavy atom. The number of non-ortho nitro benzene ring substituents is 1. The lowest BCUT2D eigenvalue weighted by Crippen LogP contribution is -2.24. The van der Waals surface area contributed by atoms with Crippen molar-refractivity contribution in [2.75, 3.05) is 5.43 Å². The van der Waals surface area contributed by atoms with E-state index in [0.29, 0.717) is 26.7 Å². The van der Waals surface area contributed by atoms with E-state index in [0.717, 1.165) is 5.56 Å². The fraction of sp³-hybridized carbons (Fsp3) is 0.0476. The molecule has 0 aliphatic heterocycles. The van der Waals surface area contributed by atoms with Crippen LogP contribution in [0.5, 0.6) is 0 Å². The molecule has 0 bridgehead atoms. The van der Waals surface area contributed by atoms with Gasteiger partial charge in [0.1, 0.15) is 11.5 Å². The summed E-state index contributed by atoms with van der Waals surface area (Å²) in [6.07, 6.45) is 0.226. The summed E-state index contributed by atoms with van der Waals surface area (Å²) in [6.45, 7) is 0. The average molecular weight is 438 g/mol. The number of benzene rings is 2. The molecule has 2 aromatic carbocycles. The number of nitro groups is 1. The summed E-state index contributed by atoms with van der Waals surface area (Å²) in [4.78, 5) is 22.8. The van der Waals surface area contributed by atoms with E-state index in [4.69, 9.17) is 16.6 Å². The van der Waals surface area contributed by atoms with Crippen LogP contribution in [-0.4, -0.2) is 15.5 Å². The average Bonchev–Trinajstić information content (AvgIpc) is 3.36. The van der Waals surface area contributed by atoms with Crippen LogP contribution in [0, 0.1) is 14.1 Å². The molecule has 4 rings (SSSR count). The number of aromatic nitrogens is 1. The zero-order valence-electron chi connectivity index (χ0n) is 15.5. The number of carbonyl (C=O) groups is 1. The zero-order valence-corrected chi connectivity index (χ0v) is 17.1. The van der Waals surface area contributed by atoms with Gasteiger partial charge in [0.2, 0.25) is 5.91 Å². The van der Waals surface area contributed by atoms with Gasteiger partial charge in [-0.2, -0.15) is 0 Å². The first-order valence-corrected chi connectivity index (χ1v) is 10.2. The molecular formula is C21H15N3O4S2. The Bertz CT molecular complexity index is 1260. The van der Waals surface area contributed by atoms with Crippen molar-refractivity contribution in [1.29, 1.82) is 0 Å². The third-order valence-electron chi connectivity index (χ3n) is 4.36. The van der Waals surface area contributed by atoms with Crippen molar-refractivity contribution in [2.45, 2.75) is 6.42 Å². The molecule has 1 amide bonds. The van der Waals surface area contributed by atoms with E-state index >= 15 is 0 Å². The Kier molecular flexibility index (Phi) is 5.55. The fourth-order valence-corrected chi connectivity index (χ4v) is 3.88. The summed E-state index contributed by atoms with van der Waals surface area (Å²) in [6, 6.07) is 19.1. The first-order valence-electron chi connectivity index (χ1n) is 8.90. The molecular weight excluding hydrogens is 422 g/mol. The molecule has 0 unspecified atom stereocenters. The van der Waals surface area contributed by atoms with E-state index in [9.17, 15) is 14.9 Å². The molecule has 0 aliphatic rings. The van der Waals surface area contributed by atoms with Crippen LogP contribution in [0.25, 0.3) is 22.8 Å². The monoisotopic (exact) mass is 437 g/mol. The summed E-state index contributed by atoms with van der Waals surface area (Å²) in [5.41, 5.74) is 5.07. The third kappa shape index (κ3) is 4.22. The van der Waals surface area contributed by atoms with Gasteiger partial charge in [0.25, 0.3) is 5.69 Å². The van der Waals surface area contributed by atoms with Gasteiger partial charge < -0.3 is 4.42 Å². The first-order chi connectivity index (χ1) is 14.5. The van der Waals surface area contributed by atoms with Crippen molar-refractivity contribution >= 4 is 35.1 Å². The molecule has 0 saturated heterocycles. The Morgan fingerprint density at radius 3 is 2.47 bits per heavy atom. The number of nitrogens with one attached hydrogen (secondary N) is 1. The quantitative estimate of drug-likeness (QED) is 0.247. The second-order valence-corrected chi connectivity index (χ2v) is 7.89. The van der Waals surface area contributed by atoms with Crippen LogP contribution in [0.4, 0.5) is 5.69 Å². The number of nitro benzene ring substituents is 1. The summed E-state index contributed by atoms with van der Waals surface area (Å²) < 4.78 is 7.95.